The van der Waals surface area contributed by atoms with E-state index in [2.05, 4.69) is 31.3 Å². The molecular weight excluding hydrogens is 503 g/mol. The van der Waals surface area contributed by atoms with Gasteiger partial charge in [0.1, 0.15) is 13.2 Å². The fourth-order valence-electron chi connectivity index (χ4n) is 3.66. The number of amides is 1. The van der Waals surface area contributed by atoms with Gasteiger partial charge in [0, 0.05) is 6.42 Å². The number of hydrogen-bond donors (Lipinski definition) is 2. The average Bonchev–Trinajstić information content (AvgIpc) is 2.83. The van der Waals surface area contributed by atoms with Crippen molar-refractivity contribution >= 4 is 13.7 Å². The highest BCUT2D eigenvalue weighted by Crippen LogP contribution is 2.38. The Balaban J connectivity index is 4.59. The summed E-state index contributed by atoms with van der Waals surface area (Å²) in [7, 11) is 1.24. The summed E-state index contributed by atoms with van der Waals surface area (Å²) in [5.74, 6) is -0.220. The van der Waals surface area contributed by atoms with Crippen LogP contribution < -0.4 is 10.2 Å². The number of phosphoric ester groups is 1. The Labute approximate surface area is 233 Å². The van der Waals surface area contributed by atoms with Crippen molar-refractivity contribution in [1.82, 2.24) is 5.32 Å². The maximum atomic E-state index is 12.5. The van der Waals surface area contributed by atoms with Crippen LogP contribution >= 0.6 is 7.82 Å². The largest absolute Gasteiger partial charge is 0.756 e. The van der Waals surface area contributed by atoms with Crippen LogP contribution in [-0.2, 0) is 18.4 Å². The second-order valence-electron chi connectivity index (χ2n) is 11.1. The highest BCUT2D eigenvalue weighted by atomic mass is 31.2. The lowest BCUT2D eigenvalue weighted by Crippen LogP contribution is -2.45. The summed E-state index contributed by atoms with van der Waals surface area (Å²) in [6.07, 6.45) is 21.2. The topological polar surface area (TPSA) is 108 Å². The van der Waals surface area contributed by atoms with Crippen LogP contribution in [0.1, 0.15) is 104 Å². The molecule has 0 aromatic rings. The van der Waals surface area contributed by atoms with Gasteiger partial charge in [-0.2, -0.15) is 0 Å². The first kappa shape index (κ1) is 37.0. The van der Waals surface area contributed by atoms with Crippen molar-refractivity contribution in [3.63, 3.8) is 0 Å². The summed E-state index contributed by atoms with van der Waals surface area (Å²) in [5.41, 5.74) is 0. The van der Waals surface area contributed by atoms with Crippen molar-refractivity contribution in [2.45, 2.75) is 116 Å². The van der Waals surface area contributed by atoms with Gasteiger partial charge in [0.2, 0.25) is 5.91 Å². The van der Waals surface area contributed by atoms with E-state index in [9.17, 15) is 19.4 Å². The van der Waals surface area contributed by atoms with E-state index in [4.69, 9.17) is 9.05 Å². The summed E-state index contributed by atoms with van der Waals surface area (Å²) in [5, 5.41) is 13.4. The molecule has 0 aliphatic rings. The molecule has 0 spiro atoms. The minimum atomic E-state index is -4.56. The predicted octanol–water partition coefficient (Wildman–Crippen LogP) is 5.65. The number of carbonyl (C=O) groups is 1. The molecule has 8 nitrogen and oxygen atoms in total. The lowest BCUT2D eigenvalue weighted by atomic mass is 10.1. The number of likely N-dealkylation sites (N-methyl/N-ethyl adjacent to an activating group) is 1. The Hall–Kier alpha value is -1.02. The van der Waals surface area contributed by atoms with Gasteiger partial charge in [0.15, 0.2) is 0 Å². The summed E-state index contributed by atoms with van der Waals surface area (Å²) < 4.78 is 22.8. The SMILES string of the molecule is CCCC/C=C\CCCCCCCC(=O)NC(COP(=O)([O-])OCC[N+](C)(C)C)C(O)/C=C/CCCCC. The van der Waals surface area contributed by atoms with E-state index in [1.165, 1.54) is 12.8 Å². The molecule has 224 valence electrons. The van der Waals surface area contributed by atoms with Gasteiger partial charge in [-0.25, -0.2) is 0 Å². The lowest BCUT2D eigenvalue weighted by Gasteiger charge is -2.29. The van der Waals surface area contributed by atoms with Crippen LogP contribution in [-0.4, -0.2) is 68.5 Å². The van der Waals surface area contributed by atoms with Crippen LogP contribution in [0.15, 0.2) is 24.3 Å². The second kappa shape index (κ2) is 22.8. The molecule has 3 atom stereocenters. The van der Waals surface area contributed by atoms with Crippen LogP contribution in [0.5, 0.6) is 0 Å². The summed E-state index contributed by atoms with van der Waals surface area (Å²) in [4.78, 5) is 24.8. The smallest absolute Gasteiger partial charge is 0.268 e. The molecule has 38 heavy (non-hydrogen) atoms. The van der Waals surface area contributed by atoms with Crippen LogP contribution in [0.25, 0.3) is 0 Å². The third-order valence-electron chi connectivity index (χ3n) is 6.16. The highest BCUT2D eigenvalue weighted by Gasteiger charge is 2.23. The molecule has 3 unspecified atom stereocenters. The van der Waals surface area contributed by atoms with Crippen molar-refractivity contribution in [2.75, 3.05) is 40.9 Å². The minimum Gasteiger partial charge on any atom is -0.756 e. The average molecular weight is 561 g/mol. The number of phosphoric acid groups is 1. The number of nitrogens with zero attached hydrogens (tertiary/aromatic N) is 1. The lowest BCUT2D eigenvalue weighted by molar-refractivity contribution is -0.870. The summed E-state index contributed by atoms with van der Waals surface area (Å²) >= 11 is 0. The number of unbranched alkanes of at least 4 members (excludes halogenated alkanes) is 10. The van der Waals surface area contributed by atoms with Crippen LogP contribution in [0.4, 0.5) is 0 Å². The molecule has 0 bridgehead atoms. The number of aliphatic hydroxyl groups is 1. The van der Waals surface area contributed by atoms with E-state index in [-0.39, 0.29) is 19.1 Å². The molecule has 0 saturated carbocycles. The molecule has 0 heterocycles. The zero-order chi connectivity index (χ0) is 28.7. The third kappa shape index (κ3) is 24.1. The number of allylic oxidation sites excluding steroid dienone is 3. The van der Waals surface area contributed by atoms with Gasteiger partial charge < -0.3 is 28.8 Å². The molecule has 0 aliphatic heterocycles. The van der Waals surface area contributed by atoms with E-state index in [0.717, 1.165) is 70.6 Å². The molecule has 0 saturated heterocycles. The molecule has 0 aromatic heterocycles. The fraction of sp³-hybridized carbons (Fsp3) is 0.828. The molecule has 0 radical (unpaired) electrons. The van der Waals surface area contributed by atoms with Gasteiger partial charge in [-0.05, 0) is 38.5 Å². The van der Waals surface area contributed by atoms with Crippen LogP contribution in [0, 0.1) is 0 Å². The quantitative estimate of drug-likeness (QED) is 0.0646. The van der Waals surface area contributed by atoms with Gasteiger partial charge in [-0.1, -0.05) is 83.1 Å². The third-order valence-corrected chi connectivity index (χ3v) is 7.12. The fourth-order valence-corrected chi connectivity index (χ4v) is 4.38. The van der Waals surface area contributed by atoms with E-state index >= 15 is 0 Å². The summed E-state index contributed by atoms with van der Waals surface area (Å²) in [6, 6.07) is -0.881. The molecule has 1 amide bonds. The molecular formula is C29H57N2O6P. The number of quaternary nitrogens is 1. The normalized spacial score (nSPS) is 15.7. The zero-order valence-corrected chi connectivity index (χ0v) is 25.8. The second-order valence-corrected chi connectivity index (χ2v) is 12.5. The maximum Gasteiger partial charge on any atom is 0.268 e. The molecule has 0 rings (SSSR count). The molecule has 2 N–H and O–H groups in total. The van der Waals surface area contributed by atoms with E-state index in [1.807, 2.05) is 27.2 Å². The Kier molecular flexibility index (Phi) is 22.1. The maximum absolute atomic E-state index is 12.5. The number of nitrogens with one attached hydrogen (secondary N) is 1. The first-order valence-electron chi connectivity index (χ1n) is 14.7. The zero-order valence-electron chi connectivity index (χ0n) is 24.9. The van der Waals surface area contributed by atoms with Gasteiger partial charge >= 0.3 is 0 Å². The highest BCUT2D eigenvalue weighted by molar-refractivity contribution is 7.45. The van der Waals surface area contributed by atoms with Gasteiger partial charge in [-0.15, -0.1) is 0 Å². The molecule has 0 aliphatic carbocycles. The van der Waals surface area contributed by atoms with Gasteiger partial charge in [0.05, 0.1) is 39.9 Å². The summed E-state index contributed by atoms with van der Waals surface area (Å²) in [6.45, 7) is 4.43. The Morgan fingerprint density at radius 2 is 1.47 bits per heavy atom. The van der Waals surface area contributed by atoms with Crippen molar-refractivity contribution in [3.8, 4) is 0 Å². The van der Waals surface area contributed by atoms with E-state index in [0.29, 0.717) is 17.4 Å². The standard InChI is InChI=1S/C29H57N2O6P/c1-6-8-10-12-13-14-15-16-17-19-21-23-29(33)30-27(28(32)22-20-18-11-9-7-2)26-37-38(34,35)36-25-24-31(3,4)5/h12-13,20,22,27-28,32H,6-11,14-19,21,23-26H2,1-5H3,(H-,30,33,34,35)/b13-12-,22-20+. The monoisotopic (exact) mass is 560 g/mol. The number of aliphatic hydroxyl groups excluding tert-OH is 1. The number of rotatable bonds is 25. The van der Waals surface area contributed by atoms with Crippen molar-refractivity contribution in [1.29, 1.82) is 0 Å². The van der Waals surface area contributed by atoms with Crippen molar-refractivity contribution in [3.05, 3.63) is 24.3 Å². The van der Waals surface area contributed by atoms with E-state index < -0.39 is 20.0 Å². The predicted molar refractivity (Wildman–Crippen MR) is 155 cm³/mol. The van der Waals surface area contributed by atoms with Crippen molar-refractivity contribution in [2.24, 2.45) is 0 Å². The van der Waals surface area contributed by atoms with Crippen LogP contribution in [0.2, 0.25) is 0 Å². The molecule has 9 heteroatoms. The first-order chi connectivity index (χ1) is 18.0. The van der Waals surface area contributed by atoms with Gasteiger partial charge in [-0.3, -0.25) is 9.36 Å². The minimum absolute atomic E-state index is 0.00364. The Morgan fingerprint density at radius 1 is 0.895 bits per heavy atom. The Bertz CT molecular complexity index is 693. The van der Waals surface area contributed by atoms with E-state index in [1.54, 1.807) is 6.08 Å². The van der Waals surface area contributed by atoms with Gasteiger partial charge in [0.25, 0.3) is 7.82 Å². The first-order valence-corrected chi connectivity index (χ1v) is 16.2. The number of carbonyl (C=O) groups excluding carboxylic acids is 1. The number of hydrogen-bond acceptors (Lipinski definition) is 6. The Morgan fingerprint density at radius 3 is 2.13 bits per heavy atom. The molecule has 0 fully saturated rings. The molecule has 0 aromatic carbocycles. The van der Waals surface area contributed by atoms with Crippen molar-refractivity contribution < 1.29 is 32.9 Å². The van der Waals surface area contributed by atoms with Crippen LogP contribution in [0.3, 0.4) is 0 Å².